The molecule has 2 amide bonds. The van der Waals surface area contributed by atoms with Crippen molar-refractivity contribution in [2.45, 2.75) is 39.5 Å². The van der Waals surface area contributed by atoms with Crippen LogP contribution in [0, 0.1) is 13.8 Å². The van der Waals surface area contributed by atoms with Crippen molar-refractivity contribution < 1.29 is 18.0 Å². The second-order valence-corrected chi connectivity index (χ2v) is 8.66. The van der Waals surface area contributed by atoms with Gasteiger partial charge in [0.05, 0.1) is 16.3 Å². The maximum atomic E-state index is 12.9. The molecule has 7 nitrogen and oxygen atoms in total. The van der Waals surface area contributed by atoms with Gasteiger partial charge in [0.25, 0.3) is 5.91 Å². The van der Waals surface area contributed by atoms with E-state index in [2.05, 4.69) is 10.6 Å². The standard InChI is InChI=1S/C21H27N3O4S/c1-6-24(7-2)29(27,28)20-13-17(10-9-15(20)4)21(26)23-19-12-14(3)8-11-18(19)22-16(5)25/h8-13H,6-7H2,1-5H3,(H,22,25)(H,23,26). The lowest BCUT2D eigenvalue weighted by Gasteiger charge is -2.20. The van der Waals surface area contributed by atoms with Crippen LogP contribution in [0.4, 0.5) is 11.4 Å². The molecule has 0 aliphatic rings. The highest BCUT2D eigenvalue weighted by Crippen LogP contribution is 2.25. The van der Waals surface area contributed by atoms with Crippen molar-refractivity contribution in [1.82, 2.24) is 4.31 Å². The van der Waals surface area contributed by atoms with Gasteiger partial charge in [0.2, 0.25) is 15.9 Å². The van der Waals surface area contributed by atoms with Crippen LogP contribution in [0.15, 0.2) is 41.3 Å². The Morgan fingerprint density at radius 1 is 0.931 bits per heavy atom. The highest BCUT2D eigenvalue weighted by atomic mass is 32.2. The summed E-state index contributed by atoms with van der Waals surface area (Å²) in [5.41, 5.74) is 2.61. The summed E-state index contributed by atoms with van der Waals surface area (Å²) in [4.78, 5) is 24.4. The van der Waals surface area contributed by atoms with Crippen LogP contribution in [0.2, 0.25) is 0 Å². The number of anilines is 2. The molecule has 0 saturated heterocycles. The van der Waals surface area contributed by atoms with Crippen LogP contribution in [0.3, 0.4) is 0 Å². The van der Waals surface area contributed by atoms with E-state index in [1.54, 1.807) is 45.0 Å². The van der Waals surface area contributed by atoms with Gasteiger partial charge in [0, 0.05) is 25.6 Å². The van der Waals surface area contributed by atoms with E-state index in [4.69, 9.17) is 0 Å². The number of sulfonamides is 1. The van der Waals surface area contributed by atoms with Gasteiger partial charge in [0.1, 0.15) is 0 Å². The lowest BCUT2D eigenvalue weighted by molar-refractivity contribution is -0.114. The van der Waals surface area contributed by atoms with Crippen molar-refractivity contribution in [3.8, 4) is 0 Å². The molecule has 0 saturated carbocycles. The summed E-state index contributed by atoms with van der Waals surface area (Å²) in [5.74, 6) is -0.717. The Labute approximate surface area is 172 Å². The van der Waals surface area contributed by atoms with Gasteiger partial charge in [-0.25, -0.2) is 8.42 Å². The Bertz CT molecular complexity index is 1030. The molecule has 0 atom stereocenters. The molecule has 2 aromatic rings. The molecule has 29 heavy (non-hydrogen) atoms. The average Bonchev–Trinajstić information content (AvgIpc) is 2.64. The number of amides is 2. The Morgan fingerprint density at radius 3 is 2.17 bits per heavy atom. The van der Waals surface area contributed by atoms with Crippen molar-refractivity contribution in [2.24, 2.45) is 0 Å². The molecule has 0 heterocycles. The van der Waals surface area contributed by atoms with E-state index in [0.717, 1.165) is 5.56 Å². The van der Waals surface area contributed by atoms with Gasteiger partial charge in [-0.05, 0) is 49.2 Å². The van der Waals surface area contributed by atoms with E-state index in [0.29, 0.717) is 30.0 Å². The van der Waals surface area contributed by atoms with Crippen molar-refractivity contribution >= 4 is 33.2 Å². The number of aryl methyl sites for hydroxylation is 2. The third-order valence-corrected chi connectivity index (χ3v) is 6.70. The summed E-state index contributed by atoms with van der Waals surface area (Å²) in [5, 5.41) is 5.44. The molecule has 2 aromatic carbocycles. The number of hydrogen-bond donors (Lipinski definition) is 2. The van der Waals surface area contributed by atoms with Crippen LogP contribution in [-0.4, -0.2) is 37.6 Å². The minimum Gasteiger partial charge on any atom is -0.325 e. The van der Waals surface area contributed by atoms with Gasteiger partial charge in [-0.3, -0.25) is 9.59 Å². The molecule has 0 bridgehead atoms. The first-order valence-electron chi connectivity index (χ1n) is 9.40. The third kappa shape index (κ3) is 5.21. The van der Waals surface area contributed by atoms with Crippen molar-refractivity contribution in [1.29, 1.82) is 0 Å². The molecule has 2 rings (SSSR count). The molecule has 0 fully saturated rings. The second-order valence-electron chi connectivity index (χ2n) is 6.75. The van der Waals surface area contributed by atoms with Gasteiger partial charge >= 0.3 is 0 Å². The molecule has 0 spiro atoms. The second kappa shape index (κ2) is 9.19. The number of nitrogens with one attached hydrogen (secondary N) is 2. The van der Waals surface area contributed by atoms with E-state index >= 15 is 0 Å². The molecule has 0 aliphatic carbocycles. The maximum absolute atomic E-state index is 12.9. The van der Waals surface area contributed by atoms with Gasteiger partial charge in [-0.15, -0.1) is 0 Å². The minimum atomic E-state index is -3.70. The summed E-state index contributed by atoms with van der Waals surface area (Å²) in [6, 6.07) is 9.87. The van der Waals surface area contributed by atoms with Crippen LogP contribution in [0.5, 0.6) is 0 Å². The van der Waals surface area contributed by atoms with Crippen LogP contribution in [0.25, 0.3) is 0 Å². The number of nitrogens with zero attached hydrogens (tertiary/aromatic N) is 1. The number of rotatable bonds is 7. The van der Waals surface area contributed by atoms with E-state index in [-0.39, 0.29) is 16.4 Å². The smallest absolute Gasteiger partial charge is 0.255 e. The molecule has 156 valence electrons. The Kier molecular flexibility index (Phi) is 7.16. The molecular weight excluding hydrogens is 390 g/mol. The first-order valence-corrected chi connectivity index (χ1v) is 10.8. The first kappa shape index (κ1) is 22.6. The lowest BCUT2D eigenvalue weighted by atomic mass is 10.1. The fraction of sp³-hybridized carbons (Fsp3) is 0.333. The van der Waals surface area contributed by atoms with Crippen LogP contribution in [0.1, 0.15) is 42.3 Å². The minimum absolute atomic E-state index is 0.111. The largest absolute Gasteiger partial charge is 0.325 e. The molecule has 0 unspecified atom stereocenters. The molecule has 0 radical (unpaired) electrons. The summed E-state index contributed by atoms with van der Waals surface area (Å²) in [6.07, 6.45) is 0. The van der Waals surface area contributed by atoms with Crippen LogP contribution >= 0.6 is 0 Å². The molecule has 2 N–H and O–H groups in total. The Morgan fingerprint density at radius 2 is 1.59 bits per heavy atom. The Hall–Kier alpha value is -2.71. The van der Waals surface area contributed by atoms with E-state index in [1.807, 2.05) is 13.0 Å². The van der Waals surface area contributed by atoms with Crippen molar-refractivity contribution in [2.75, 3.05) is 23.7 Å². The van der Waals surface area contributed by atoms with E-state index in [1.165, 1.54) is 17.3 Å². The van der Waals surface area contributed by atoms with Gasteiger partial charge in [-0.1, -0.05) is 26.0 Å². The summed E-state index contributed by atoms with van der Waals surface area (Å²) < 4.78 is 27.2. The summed E-state index contributed by atoms with van der Waals surface area (Å²) in [7, 11) is -3.70. The monoisotopic (exact) mass is 417 g/mol. The zero-order chi connectivity index (χ0) is 21.8. The predicted octanol–water partition coefficient (Wildman–Crippen LogP) is 3.54. The summed E-state index contributed by atoms with van der Waals surface area (Å²) in [6.45, 7) is 9.19. The lowest BCUT2D eigenvalue weighted by Crippen LogP contribution is -2.31. The summed E-state index contributed by atoms with van der Waals surface area (Å²) >= 11 is 0. The topological polar surface area (TPSA) is 95.6 Å². The fourth-order valence-corrected chi connectivity index (χ4v) is 4.69. The molecule has 0 aromatic heterocycles. The van der Waals surface area contributed by atoms with Crippen molar-refractivity contribution in [3.63, 3.8) is 0 Å². The normalized spacial score (nSPS) is 11.4. The van der Waals surface area contributed by atoms with E-state index < -0.39 is 15.9 Å². The quantitative estimate of drug-likeness (QED) is 0.720. The van der Waals surface area contributed by atoms with Crippen molar-refractivity contribution in [3.05, 3.63) is 53.1 Å². The van der Waals surface area contributed by atoms with Crippen LogP contribution in [-0.2, 0) is 14.8 Å². The molecular formula is C21H27N3O4S. The van der Waals surface area contributed by atoms with Gasteiger partial charge < -0.3 is 10.6 Å². The molecule has 0 aliphatic heterocycles. The maximum Gasteiger partial charge on any atom is 0.255 e. The van der Waals surface area contributed by atoms with E-state index in [9.17, 15) is 18.0 Å². The van der Waals surface area contributed by atoms with Gasteiger partial charge in [0.15, 0.2) is 0 Å². The van der Waals surface area contributed by atoms with Crippen LogP contribution < -0.4 is 10.6 Å². The highest BCUT2D eigenvalue weighted by molar-refractivity contribution is 7.89. The zero-order valence-corrected chi connectivity index (χ0v) is 18.2. The van der Waals surface area contributed by atoms with Gasteiger partial charge in [-0.2, -0.15) is 4.31 Å². The zero-order valence-electron chi connectivity index (χ0n) is 17.4. The Balaban J connectivity index is 2.41. The average molecular weight is 418 g/mol. The number of benzene rings is 2. The molecule has 8 heteroatoms. The first-order chi connectivity index (χ1) is 13.6. The third-order valence-electron chi connectivity index (χ3n) is 4.51. The highest BCUT2D eigenvalue weighted by Gasteiger charge is 2.25. The SMILES string of the molecule is CCN(CC)S(=O)(=O)c1cc(C(=O)Nc2cc(C)ccc2NC(C)=O)ccc1C. The fourth-order valence-electron chi connectivity index (χ4n) is 2.98. The number of hydrogen-bond acceptors (Lipinski definition) is 4. The predicted molar refractivity (Wildman–Crippen MR) is 115 cm³/mol. The number of carbonyl (C=O) groups is 2. The number of carbonyl (C=O) groups excluding carboxylic acids is 2.